The average molecular weight is 247 g/mol. The molecular weight excluding hydrogens is 234 g/mol. The lowest BCUT2D eigenvalue weighted by Crippen LogP contribution is -2.33. The number of nitrogens with zero attached hydrogens (tertiary/aromatic N) is 2. The van der Waals surface area contributed by atoms with Crippen LogP contribution in [0.3, 0.4) is 0 Å². The van der Waals surface area contributed by atoms with Crippen LogP contribution in [0.5, 0.6) is 5.75 Å². The summed E-state index contributed by atoms with van der Waals surface area (Å²) in [6.45, 7) is 0. The van der Waals surface area contributed by atoms with Crippen LogP contribution in [0.4, 0.5) is 5.69 Å². The minimum Gasteiger partial charge on any atom is -0.482 e. The SMILES string of the molecule is N#Cc1ccc(OC2CCCC2N)c([N+](=O)[O-])c1. The van der Waals surface area contributed by atoms with E-state index in [1.807, 2.05) is 6.07 Å². The van der Waals surface area contributed by atoms with Crippen LogP contribution < -0.4 is 10.5 Å². The molecular formula is C12H13N3O3. The minimum atomic E-state index is -0.545. The van der Waals surface area contributed by atoms with Gasteiger partial charge < -0.3 is 10.5 Å². The number of hydrogen-bond donors (Lipinski definition) is 1. The van der Waals surface area contributed by atoms with E-state index < -0.39 is 4.92 Å². The third-order valence-electron chi connectivity index (χ3n) is 3.07. The van der Waals surface area contributed by atoms with Crippen molar-refractivity contribution in [3.05, 3.63) is 33.9 Å². The van der Waals surface area contributed by atoms with E-state index in [9.17, 15) is 10.1 Å². The van der Waals surface area contributed by atoms with E-state index in [-0.39, 0.29) is 29.1 Å². The van der Waals surface area contributed by atoms with Crippen molar-refractivity contribution in [1.29, 1.82) is 5.26 Å². The molecule has 2 N–H and O–H groups in total. The molecule has 1 aromatic carbocycles. The lowest BCUT2D eigenvalue weighted by atomic mass is 10.2. The molecule has 2 atom stereocenters. The Morgan fingerprint density at radius 2 is 2.28 bits per heavy atom. The highest BCUT2D eigenvalue weighted by Crippen LogP contribution is 2.31. The average Bonchev–Trinajstić information content (AvgIpc) is 2.75. The summed E-state index contributed by atoms with van der Waals surface area (Å²) in [5.74, 6) is 0.182. The molecule has 6 heteroatoms. The van der Waals surface area contributed by atoms with Crippen LogP contribution in [-0.2, 0) is 0 Å². The molecule has 1 aliphatic rings. The smallest absolute Gasteiger partial charge is 0.312 e. The number of nitro benzene ring substituents is 1. The van der Waals surface area contributed by atoms with Crippen LogP contribution >= 0.6 is 0 Å². The third kappa shape index (κ3) is 2.41. The van der Waals surface area contributed by atoms with E-state index in [0.717, 1.165) is 19.3 Å². The highest BCUT2D eigenvalue weighted by Gasteiger charge is 2.28. The van der Waals surface area contributed by atoms with Crippen LogP contribution in [-0.4, -0.2) is 17.1 Å². The summed E-state index contributed by atoms with van der Waals surface area (Å²) in [6, 6.07) is 5.96. The minimum absolute atomic E-state index is 0.0831. The Balaban J connectivity index is 2.27. The summed E-state index contributed by atoms with van der Waals surface area (Å²) in [5.41, 5.74) is 5.92. The molecule has 0 aliphatic heterocycles. The molecule has 0 radical (unpaired) electrons. The fourth-order valence-electron chi connectivity index (χ4n) is 2.09. The van der Waals surface area contributed by atoms with Gasteiger partial charge in [-0.1, -0.05) is 0 Å². The maximum Gasteiger partial charge on any atom is 0.312 e. The predicted octanol–water partition coefficient (Wildman–Crippen LogP) is 1.73. The first kappa shape index (κ1) is 12.3. The maximum atomic E-state index is 10.9. The van der Waals surface area contributed by atoms with E-state index >= 15 is 0 Å². The summed E-state index contributed by atoms with van der Waals surface area (Å²) in [4.78, 5) is 10.4. The highest BCUT2D eigenvalue weighted by molar-refractivity contribution is 5.51. The van der Waals surface area contributed by atoms with Gasteiger partial charge in [0, 0.05) is 12.1 Å². The molecule has 18 heavy (non-hydrogen) atoms. The number of nitriles is 1. The van der Waals surface area contributed by atoms with Gasteiger partial charge >= 0.3 is 5.69 Å². The summed E-state index contributed by atoms with van der Waals surface area (Å²) in [7, 11) is 0. The van der Waals surface area contributed by atoms with Gasteiger partial charge in [-0.25, -0.2) is 0 Å². The molecule has 0 spiro atoms. The number of rotatable bonds is 3. The van der Waals surface area contributed by atoms with Crippen molar-refractivity contribution in [2.75, 3.05) is 0 Å². The van der Waals surface area contributed by atoms with E-state index in [4.69, 9.17) is 15.7 Å². The molecule has 0 aromatic heterocycles. The number of nitro groups is 1. The first-order chi connectivity index (χ1) is 8.61. The number of benzene rings is 1. The van der Waals surface area contributed by atoms with Gasteiger partial charge in [-0.2, -0.15) is 5.26 Å². The Hall–Kier alpha value is -2.13. The van der Waals surface area contributed by atoms with Gasteiger partial charge in [-0.05, 0) is 31.4 Å². The Morgan fingerprint density at radius 1 is 1.50 bits per heavy atom. The van der Waals surface area contributed by atoms with Gasteiger partial charge in [0.1, 0.15) is 6.10 Å². The summed E-state index contributed by atoms with van der Waals surface area (Å²) < 4.78 is 5.60. The van der Waals surface area contributed by atoms with Gasteiger partial charge in [-0.15, -0.1) is 0 Å². The molecule has 2 unspecified atom stereocenters. The molecule has 2 rings (SSSR count). The van der Waals surface area contributed by atoms with Crippen LogP contribution in [0.1, 0.15) is 24.8 Å². The third-order valence-corrected chi connectivity index (χ3v) is 3.07. The standard InChI is InChI=1S/C12H13N3O3/c13-7-8-4-5-12(10(6-8)15(16)17)18-11-3-1-2-9(11)14/h4-6,9,11H,1-3,14H2. The van der Waals surface area contributed by atoms with E-state index in [1.165, 1.54) is 18.2 Å². The Kier molecular flexibility index (Phi) is 3.44. The Morgan fingerprint density at radius 3 is 2.83 bits per heavy atom. The zero-order valence-corrected chi connectivity index (χ0v) is 9.70. The van der Waals surface area contributed by atoms with Gasteiger partial charge in [0.25, 0.3) is 0 Å². The monoisotopic (exact) mass is 247 g/mol. The lowest BCUT2D eigenvalue weighted by molar-refractivity contribution is -0.386. The Bertz CT molecular complexity index is 510. The fourth-order valence-corrected chi connectivity index (χ4v) is 2.09. The van der Waals surface area contributed by atoms with Gasteiger partial charge in [0.2, 0.25) is 0 Å². The zero-order valence-electron chi connectivity index (χ0n) is 9.70. The van der Waals surface area contributed by atoms with Crippen molar-refractivity contribution in [1.82, 2.24) is 0 Å². The molecule has 1 aromatic rings. The van der Waals surface area contributed by atoms with Crippen LogP contribution in [0.25, 0.3) is 0 Å². The first-order valence-electron chi connectivity index (χ1n) is 5.72. The molecule has 1 fully saturated rings. The highest BCUT2D eigenvalue weighted by atomic mass is 16.6. The fraction of sp³-hybridized carbons (Fsp3) is 0.417. The maximum absolute atomic E-state index is 10.9. The van der Waals surface area contributed by atoms with Crippen molar-refractivity contribution >= 4 is 5.69 Å². The number of hydrogen-bond acceptors (Lipinski definition) is 5. The van der Waals surface area contributed by atoms with E-state index in [1.54, 1.807) is 0 Å². The predicted molar refractivity (Wildman–Crippen MR) is 64.1 cm³/mol. The molecule has 0 bridgehead atoms. The van der Waals surface area contributed by atoms with Crippen molar-refractivity contribution in [3.63, 3.8) is 0 Å². The summed E-state index contributed by atoms with van der Waals surface area (Å²) >= 11 is 0. The molecule has 1 saturated carbocycles. The Labute approximate surface area is 104 Å². The largest absolute Gasteiger partial charge is 0.482 e. The second kappa shape index (κ2) is 5.02. The van der Waals surface area contributed by atoms with Crippen LogP contribution in [0.2, 0.25) is 0 Å². The molecule has 94 valence electrons. The molecule has 0 amide bonds. The van der Waals surface area contributed by atoms with Crippen molar-refractivity contribution in [2.45, 2.75) is 31.4 Å². The van der Waals surface area contributed by atoms with Gasteiger partial charge in [-0.3, -0.25) is 10.1 Å². The molecule has 0 saturated heterocycles. The van der Waals surface area contributed by atoms with Crippen LogP contribution in [0, 0.1) is 21.4 Å². The molecule has 6 nitrogen and oxygen atoms in total. The second-order valence-corrected chi connectivity index (χ2v) is 4.30. The normalized spacial score (nSPS) is 22.4. The number of nitrogens with two attached hydrogens (primary N) is 1. The summed E-state index contributed by atoms with van der Waals surface area (Å²) in [5, 5.41) is 19.7. The molecule has 0 heterocycles. The van der Waals surface area contributed by atoms with Gasteiger partial charge in [0.15, 0.2) is 5.75 Å². The summed E-state index contributed by atoms with van der Waals surface area (Å²) in [6.07, 6.45) is 2.46. The topological polar surface area (TPSA) is 102 Å². The lowest BCUT2D eigenvalue weighted by Gasteiger charge is -2.17. The number of ether oxygens (including phenoxy) is 1. The first-order valence-corrected chi connectivity index (χ1v) is 5.72. The van der Waals surface area contributed by atoms with Crippen molar-refractivity contribution in [2.24, 2.45) is 5.73 Å². The van der Waals surface area contributed by atoms with Crippen molar-refractivity contribution in [3.8, 4) is 11.8 Å². The van der Waals surface area contributed by atoms with Crippen LogP contribution in [0.15, 0.2) is 18.2 Å². The van der Waals surface area contributed by atoms with Crippen molar-refractivity contribution < 1.29 is 9.66 Å². The quantitative estimate of drug-likeness (QED) is 0.647. The van der Waals surface area contributed by atoms with Gasteiger partial charge in [0.05, 0.1) is 16.6 Å². The molecule has 1 aliphatic carbocycles. The second-order valence-electron chi connectivity index (χ2n) is 4.30. The zero-order chi connectivity index (χ0) is 13.1. The van der Waals surface area contributed by atoms with E-state index in [0.29, 0.717) is 0 Å². The van der Waals surface area contributed by atoms with E-state index in [2.05, 4.69) is 0 Å².